The summed E-state index contributed by atoms with van der Waals surface area (Å²) in [5.74, 6) is 0. The van der Waals surface area contributed by atoms with Crippen molar-refractivity contribution in [1.29, 1.82) is 0 Å². The number of benzene rings is 3. The van der Waals surface area contributed by atoms with Gasteiger partial charge in [0.05, 0.1) is 11.2 Å². The van der Waals surface area contributed by atoms with E-state index in [1.54, 1.807) is 6.20 Å². The Balaban J connectivity index is 1.87. The second-order valence-electron chi connectivity index (χ2n) is 5.28. The summed E-state index contributed by atoms with van der Waals surface area (Å²) < 4.78 is 0. The molecule has 0 aliphatic heterocycles. The van der Waals surface area contributed by atoms with Crippen LogP contribution < -0.4 is 5.73 Å². The van der Waals surface area contributed by atoms with Crippen LogP contribution in [0.3, 0.4) is 0 Å². The van der Waals surface area contributed by atoms with Crippen molar-refractivity contribution in [3.8, 4) is 0 Å². The van der Waals surface area contributed by atoms with E-state index in [-0.39, 0.29) is 0 Å². The van der Waals surface area contributed by atoms with Crippen LogP contribution in [0.2, 0.25) is 0 Å². The first-order valence-electron chi connectivity index (χ1n) is 7.36. The number of fused-ring (bicyclic) bond motifs is 2. The molecule has 4 rings (SSSR count). The number of aromatic nitrogens is 1. The molecule has 4 heteroatoms. The summed E-state index contributed by atoms with van der Waals surface area (Å²) in [4.78, 5) is 4.39. The molecule has 0 fully saturated rings. The Kier molecular flexibility index (Phi) is 3.20. The molecule has 0 saturated carbocycles. The van der Waals surface area contributed by atoms with Crippen LogP contribution in [0.1, 0.15) is 0 Å². The van der Waals surface area contributed by atoms with Crippen LogP contribution >= 0.6 is 0 Å². The average Bonchev–Trinajstić information content (AvgIpc) is 2.61. The maximum Gasteiger partial charge on any atom is 0.116 e. The van der Waals surface area contributed by atoms with Gasteiger partial charge in [0.25, 0.3) is 0 Å². The van der Waals surface area contributed by atoms with Gasteiger partial charge in [0, 0.05) is 17.0 Å². The van der Waals surface area contributed by atoms with Crippen molar-refractivity contribution in [2.24, 2.45) is 10.2 Å². The zero-order chi connectivity index (χ0) is 15.6. The smallest absolute Gasteiger partial charge is 0.116 e. The van der Waals surface area contributed by atoms with Crippen LogP contribution in [0.25, 0.3) is 21.7 Å². The standard InChI is InChI=1S/C19H14N4/c20-16-11-10-13-5-1-2-8-15(13)19(16)23-22-17-9-3-6-14-7-4-12-21-18(14)17/h1-12H,20H2. The molecule has 0 bridgehead atoms. The van der Waals surface area contributed by atoms with E-state index in [4.69, 9.17) is 5.73 Å². The predicted octanol–water partition coefficient (Wildman–Crippen LogP) is 5.39. The Hall–Kier alpha value is -3.27. The van der Waals surface area contributed by atoms with Crippen molar-refractivity contribution in [3.63, 3.8) is 0 Å². The van der Waals surface area contributed by atoms with E-state index in [0.29, 0.717) is 11.4 Å². The molecule has 0 atom stereocenters. The fourth-order valence-corrected chi connectivity index (χ4v) is 2.66. The molecule has 4 nitrogen and oxygen atoms in total. The minimum atomic E-state index is 0.612. The molecular weight excluding hydrogens is 284 g/mol. The molecule has 1 aromatic heterocycles. The number of azo groups is 1. The number of hydrogen-bond donors (Lipinski definition) is 1. The summed E-state index contributed by atoms with van der Waals surface area (Å²) in [6.45, 7) is 0. The quantitative estimate of drug-likeness (QED) is 0.398. The number of rotatable bonds is 2. The maximum absolute atomic E-state index is 6.09. The first-order chi connectivity index (χ1) is 11.3. The fourth-order valence-electron chi connectivity index (χ4n) is 2.66. The number of nitrogens with zero attached hydrogens (tertiary/aromatic N) is 3. The van der Waals surface area contributed by atoms with Gasteiger partial charge in [0.1, 0.15) is 11.4 Å². The molecule has 4 aromatic rings. The Morgan fingerprint density at radius 3 is 2.52 bits per heavy atom. The normalized spacial score (nSPS) is 11.5. The van der Waals surface area contributed by atoms with Crippen molar-refractivity contribution in [1.82, 2.24) is 4.98 Å². The Labute approximate surface area is 133 Å². The molecule has 1 heterocycles. The van der Waals surface area contributed by atoms with Crippen molar-refractivity contribution >= 4 is 38.7 Å². The molecule has 110 valence electrons. The van der Waals surface area contributed by atoms with E-state index >= 15 is 0 Å². The average molecular weight is 298 g/mol. The molecule has 23 heavy (non-hydrogen) atoms. The summed E-state index contributed by atoms with van der Waals surface area (Å²) in [6.07, 6.45) is 1.76. The first-order valence-corrected chi connectivity index (χ1v) is 7.36. The van der Waals surface area contributed by atoms with Gasteiger partial charge in [-0.25, -0.2) is 0 Å². The predicted molar refractivity (Wildman–Crippen MR) is 94.3 cm³/mol. The van der Waals surface area contributed by atoms with Crippen LogP contribution in [0.15, 0.2) is 83.2 Å². The van der Waals surface area contributed by atoms with Crippen LogP contribution in [-0.2, 0) is 0 Å². The zero-order valence-corrected chi connectivity index (χ0v) is 12.3. The van der Waals surface area contributed by atoms with E-state index in [1.807, 2.05) is 66.7 Å². The number of nitrogens with two attached hydrogens (primary N) is 1. The number of anilines is 1. The minimum absolute atomic E-state index is 0.612. The molecular formula is C19H14N4. The molecule has 0 aliphatic carbocycles. The lowest BCUT2D eigenvalue weighted by Crippen LogP contribution is -1.86. The van der Waals surface area contributed by atoms with Crippen molar-refractivity contribution in [2.45, 2.75) is 0 Å². The van der Waals surface area contributed by atoms with Crippen LogP contribution in [0.4, 0.5) is 17.1 Å². The topological polar surface area (TPSA) is 63.6 Å². The second-order valence-corrected chi connectivity index (χ2v) is 5.28. The SMILES string of the molecule is Nc1ccc2ccccc2c1N=Nc1cccc2cccnc12. The highest BCUT2D eigenvalue weighted by atomic mass is 15.1. The minimum Gasteiger partial charge on any atom is -0.397 e. The van der Waals surface area contributed by atoms with Crippen LogP contribution in [-0.4, -0.2) is 4.98 Å². The van der Waals surface area contributed by atoms with Gasteiger partial charge in [0.15, 0.2) is 0 Å². The summed E-state index contributed by atoms with van der Waals surface area (Å²) in [5, 5.41) is 11.9. The van der Waals surface area contributed by atoms with Gasteiger partial charge in [-0.05, 0) is 23.6 Å². The third-order valence-electron chi connectivity index (χ3n) is 3.80. The van der Waals surface area contributed by atoms with Gasteiger partial charge < -0.3 is 5.73 Å². The van der Waals surface area contributed by atoms with E-state index in [9.17, 15) is 0 Å². The monoisotopic (exact) mass is 298 g/mol. The van der Waals surface area contributed by atoms with Gasteiger partial charge in [-0.2, -0.15) is 0 Å². The van der Waals surface area contributed by atoms with Gasteiger partial charge in [-0.1, -0.05) is 48.5 Å². The molecule has 3 aromatic carbocycles. The van der Waals surface area contributed by atoms with E-state index < -0.39 is 0 Å². The summed E-state index contributed by atoms with van der Waals surface area (Å²) >= 11 is 0. The van der Waals surface area contributed by atoms with E-state index in [1.165, 1.54) is 0 Å². The summed E-state index contributed by atoms with van der Waals surface area (Å²) in [7, 11) is 0. The lowest BCUT2D eigenvalue weighted by atomic mass is 10.1. The van der Waals surface area contributed by atoms with Gasteiger partial charge in [-0.3, -0.25) is 4.98 Å². The van der Waals surface area contributed by atoms with Gasteiger partial charge in [-0.15, -0.1) is 10.2 Å². The fraction of sp³-hybridized carbons (Fsp3) is 0. The highest BCUT2D eigenvalue weighted by Gasteiger charge is 2.05. The van der Waals surface area contributed by atoms with Crippen molar-refractivity contribution in [3.05, 3.63) is 72.9 Å². The Bertz CT molecular complexity index is 1030. The third kappa shape index (κ3) is 2.40. The Morgan fingerprint density at radius 2 is 1.57 bits per heavy atom. The van der Waals surface area contributed by atoms with Gasteiger partial charge >= 0.3 is 0 Å². The van der Waals surface area contributed by atoms with E-state index in [2.05, 4.69) is 15.2 Å². The van der Waals surface area contributed by atoms with Crippen LogP contribution in [0.5, 0.6) is 0 Å². The third-order valence-corrected chi connectivity index (χ3v) is 3.80. The van der Waals surface area contributed by atoms with Crippen LogP contribution in [0, 0.1) is 0 Å². The second kappa shape index (κ2) is 5.50. The first kappa shape index (κ1) is 13.4. The molecule has 0 spiro atoms. The zero-order valence-electron chi connectivity index (χ0n) is 12.3. The lowest BCUT2D eigenvalue weighted by molar-refractivity contribution is 1.24. The Morgan fingerprint density at radius 1 is 0.739 bits per heavy atom. The number of hydrogen-bond acceptors (Lipinski definition) is 4. The lowest BCUT2D eigenvalue weighted by Gasteiger charge is -2.05. The van der Waals surface area contributed by atoms with Gasteiger partial charge in [0.2, 0.25) is 0 Å². The molecule has 0 aliphatic rings. The number of nitrogen functional groups attached to an aromatic ring is 1. The van der Waals surface area contributed by atoms with Crippen molar-refractivity contribution in [2.75, 3.05) is 5.73 Å². The molecule has 0 saturated heterocycles. The number of pyridine rings is 1. The largest absolute Gasteiger partial charge is 0.397 e. The summed E-state index contributed by atoms with van der Waals surface area (Å²) in [5.41, 5.74) is 8.96. The number of para-hydroxylation sites is 1. The van der Waals surface area contributed by atoms with Crippen molar-refractivity contribution < 1.29 is 0 Å². The molecule has 0 radical (unpaired) electrons. The molecule has 0 amide bonds. The highest BCUT2D eigenvalue weighted by molar-refractivity contribution is 5.98. The summed E-state index contributed by atoms with van der Waals surface area (Å²) in [6, 6.07) is 21.6. The maximum atomic E-state index is 6.09. The van der Waals surface area contributed by atoms with E-state index in [0.717, 1.165) is 27.4 Å². The molecule has 2 N–H and O–H groups in total. The molecule has 0 unspecified atom stereocenters. The highest BCUT2D eigenvalue weighted by Crippen LogP contribution is 2.34.